The average Bonchev–Trinajstić information content (AvgIpc) is 2.78. The summed E-state index contributed by atoms with van der Waals surface area (Å²) >= 11 is 0. The molecule has 1 heterocycles. The van der Waals surface area contributed by atoms with Gasteiger partial charge in [0, 0.05) is 13.6 Å². The summed E-state index contributed by atoms with van der Waals surface area (Å²) in [7, 11) is -0.840. The predicted molar refractivity (Wildman–Crippen MR) is 138 cm³/mol. The molecule has 0 N–H and O–H groups in total. The maximum Gasteiger partial charge on any atom is 0.159 e. The molecule has 0 aliphatic rings. The van der Waals surface area contributed by atoms with Crippen LogP contribution in [0.2, 0.25) is 25.7 Å². The van der Waals surface area contributed by atoms with Gasteiger partial charge in [-0.3, -0.25) is 0 Å². The molecular weight excluding hydrogens is 412 g/mol. The van der Waals surface area contributed by atoms with E-state index in [2.05, 4.69) is 36.5 Å². The highest BCUT2D eigenvalue weighted by Crippen LogP contribution is 2.21. The number of ether oxygens (including phenoxy) is 2. The van der Waals surface area contributed by atoms with Crippen molar-refractivity contribution in [2.45, 2.75) is 96.8 Å². The summed E-state index contributed by atoms with van der Waals surface area (Å²) < 4.78 is 11.6. The first-order valence-electron chi connectivity index (χ1n) is 12.7. The summed E-state index contributed by atoms with van der Waals surface area (Å²) in [5.74, 6) is 2.36. The third-order valence-electron chi connectivity index (χ3n) is 5.60. The Labute approximate surface area is 197 Å². The molecule has 0 saturated carbocycles. The fraction of sp³-hybridized carbons (Fsp3) is 0.630. The Morgan fingerprint density at radius 2 is 1.19 bits per heavy atom. The Hall–Kier alpha value is -1.88. The topological polar surface area (TPSA) is 44.2 Å². The summed E-state index contributed by atoms with van der Waals surface area (Å²) in [6.07, 6.45) is 16.3. The number of aromatic nitrogens is 2. The Balaban J connectivity index is 1.58. The summed E-state index contributed by atoms with van der Waals surface area (Å²) in [4.78, 5) is 8.93. The molecule has 1 aromatic heterocycles. The minimum absolute atomic E-state index is 0.712. The van der Waals surface area contributed by atoms with Gasteiger partial charge in [0.15, 0.2) is 11.6 Å². The van der Waals surface area contributed by atoms with Crippen molar-refractivity contribution in [3.05, 3.63) is 36.7 Å². The minimum atomic E-state index is -0.840. The zero-order valence-electron chi connectivity index (χ0n) is 20.9. The van der Waals surface area contributed by atoms with Crippen LogP contribution in [-0.2, 0) is 0 Å². The van der Waals surface area contributed by atoms with Crippen LogP contribution in [-0.4, -0.2) is 31.3 Å². The monoisotopic (exact) mass is 456 g/mol. The van der Waals surface area contributed by atoms with Crippen molar-refractivity contribution in [2.75, 3.05) is 13.2 Å². The molecule has 32 heavy (non-hydrogen) atoms. The molecule has 0 radical (unpaired) electrons. The molecular formula is C27H44N2O2Si. The second-order valence-electron chi connectivity index (χ2n) is 9.96. The highest BCUT2D eigenvalue weighted by atomic mass is 28.3. The van der Waals surface area contributed by atoms with Crippen LogP contribution in [0.4, 0.5) is 0 Å². The molecule has 0 aliphatic carbocycles. The normalized spacial score (nSPS) is 11.5. The molecule has 5 heteroatoms. The SMILES string of the molecule is CCCCCOc1ccc(-c2ncc(OCCCCCCCCC[Si](C)(C)C)cn2)cc1. The molecule has 0 bridgehead atoms. The van der Waals surface area contributed by atoms with Crippen molar-refractivity contribution < 1.29 is 9.47 Å². The van der Waals surface area contributed by atoms with Crippen molar-refractivity contribution in [1.29, 1.82) is 0 Å². The smallest absolute Gasteiger partial charge is 0.159 e. The molecule has 0 amide bonds. The highest BCUT2D eigenvalue weighted by Gasteiger charge is 2.11. The predicted octanol–water partition coefficient (Wildman–Crippen LogP) is 8.16. The van der Waals surface area contributed by atoms with Crippen molar-refractivity contribution in [2.24, 2.45) is 0 Å². The van der Waals surface area contributed by atoms with Gasteiger partial charge in [0.25, 0.3) is 0 Å². The van der Waals surface area contributed by atoms with Gasteiger partial charge in [-0.2, -0.15) is 0 Å². The third-order valence-corrected chi connectivity index (χ3v) is 7.45. The molecule has 0 saturated heterocycles. The molecule has 0 aliphatic heterocycles. The molecule has 0 atom stereocenters. The number of benzene rings is 1. The summed E-state index contributed by atoms with van der Waals surface area (Å²) in [5, 5.41) is 0. The van der Waals surface area contributed by atoms with Crippen molar-refractivity contribution in [1.82, 2.24) is 9.97 Å². The molecule has 2 aromatic rings. The van der Waals surface area contributed by atoms with Gasteiger partial charge in [0.2, 0.25) is 0 Å². The molecule has 178 valence electrons. The van der Waals surface area contributed by atoms with Crippen molar-refractivity contribution >= 4 is 8.07 Å². The molecule has 1 aromatic carbocycles. The van der Waals surface area contributed by atoms with E-state index >= 15 is 0 Å². The minimum Gasteiger partial charge on any atom is -0.494 e. The molecule has 2 rings (SSSR count). The Kier molecular flexibility index (Phi) is 12.4. The van der Waals surface area contributed by atoms with Gasteiger partial charge in [-0.05, 0) is 37.1 Å². The standard InChI is InChI=1S/C27H44N2O2Si/c1-5-6-12-19-30-25-17-15-24(16-18-25)27-28-22-26(23-29-27)31-20-13-10-8-7-9-11-14-21-32(2,3)4/h15-18,22-23H,5-14,19-21H2,1-4H3. The third kappa shape index (κ3) is 11.7. The maximum absolute atomic E-state index is 5.82. The van der Waals surface area contributed by atoms with Crippen LogP contribution in [0.15, 0.2) is 36.7 Å². The van der Waals surface area contributed by atoms with Gasteiger partial charge in [0.1, 0.15) is 5.75 Å². The highest BCUT2D eigenvalue weighted by molar-refractivity contribution is 6.76. The second-order valence-corrected chi connectivity index (χ2v) is 15.6. The second kappa shape index (κ2) is 15.0. The lowest BCUT2D eigenvalue weighted by Gasteiger charge is -2.14. The van der Waals surface area contributed by atoms with E-state index in [0.29, 0.717) is 5.82 Å². The van der Waals surface area contributed by atoms with E-state index in [1.165, 1.54) is 57.4 Å². The van der Waals surface area contributed by atoms with E-state index < -0.39 is 8.07 Å². The maximum atomic E-state index is 5.82. The van der Waals surface area contributed by atoms with E-state index in [1.807, 2.05) is 24.3 Å². The fourth-order valence-electron chi connectivity index (χ4n) is 3.61. The first-order valence-corrected chi connectivity index (χ1v) is 16.4. The van der Waals surface area contributed by atoms with Crippen LogP contribution in [0.25, 0.3) is 11.4 Å². The molecule has 0 unspecified atom stereocenters. The van der Waals surface area contributed by atoms with E-state index in [1.54, 1.807) is 12.4 Å². The van der Waals surface area contributed by atoms with Crippen molar-refractivity contribution in [3.63, 3.8) is 0 Å². The van der Waals surface area contributed by atoms with Crippen LogP contribution < -0.4 is 9.47 Å². The van der Waals surface area contributed by atoms with E-state index in [0.717, 1.165) is 43.1 Å². The average molecular weight is 457 g/mol. The van der Waals surface area contributed by atoms with E-state index in [-0.39, 0.29) is 0 Å². The summed E-state index contributed by atoms with van der Waals surface area (Å²) in [5.41, 5.74) is 0.988. The Bertz CT molecular complexity index is 727. The van der Waals surface area contributed by atoms with Crippen LogP contribution in [0.5, 0.6) is 11.5 Å². The number of unbranched alkanes of at least 4 members (excludes halogenated alkanes) is 8. The zero-order valence-corrected chi connectivity index (χ0v) is 21.9. The number of rotatable bonds is 17. The van der Waals surface area contributed by atoms with Crippen LogP contribution in [0.3, 0.4) is 0 Å². The van der Waals surface area contributed by atoms with Crippen LogP contribution >= 0.6 is 0 Å². The van der Waals surface area contributed by atoms with Gasteiger partial charge in [0.05, 0.1) is 25.6 Å². The quantitative estimate of drug-likeness (QED) is 0.178. The molecule has 0 spiro atoms. The van der Waals surface area contributed by atoms with Gasteiger partial charge in [-0.15, -0.1) is 0 Å². The Morgan fingerprint density at radius 3 is 1.78 bits per heavy atom. The lowest BCUT2D eigenvalue weighted by Crippen LogP contribution is -2.18. The van der Waals surface area contributed by atoms with Gasteiger partial charge in [-0.1, -0.05) is 84.0 Å². The first kappa shape index (κ1) is 26.4. The van der Waals surface area contributed by atoms with Crippen LogP contribution in [0.1, 0.15) is 71.1 Å². The first-order chi connectivity index (χ1) is 15.5. The van der Waals surface area contributed by atoms with Gasteiger partial charge in [-0.25, -0.2) is 9.97 Å². The van der Waals surface area contributed by atoms with E-state index in [4.69, 9.17) is 9.47 Å². The Morgan fingerprint density at radius 1 is 0.656 bits per heavy atom. The lowest BCUT2D eigenvalue weighted by atomic mass is 10.1. The van der Waals surface area contributed by atoms with E-state index in [9.17, 15) is 0 Å². The number of nitrogens with zero attached hydrogens (tertiary/aromatic N) is 2. The molecule has 4 nitrogen and oxygen atoms in total. The number of hydrogen-bond acceptors (Lipinski definition) is 4. The molecule has 0 fully saturated rings. The van der Waals surface area contributed by atoms with Crippen molar-refractivity contribution in [3.8, 4) is 22.9 Å². The number of hydrogen-bond donors (Lipinski definition) is 0. The fourth-order valence-corrected chi connectivity index (χ4v) is 4.92. The lowest BCUT2D eigenvalue weighted by molar-refractivity contribution is 0.302. The zero-order chi connectivity index (χ0) is 23.1. The van der Waals surface area contributed by atoms with Crippen LogP contribution in [0, 0.1) is 0 Å². The largest absolute Gasteiger partial charge is 0.494 e. The summed E-state index contributed by atoms with van der Waals surface area (Å²) in [6, 6.07) is 9.47. The summed E-state index contributed by atoms with van der Waals surface area (Å²) in [6.45, 7) is 11.1. The van der Waals surface area contributed by atoms with Gasteiger partial charge < -0.3 is 9.47 Å². The van der Waals surface area contributed by atoms with Gasteiger partial charge >= 0.3 is 0 Å².